The van der Waals surface area contributed by atoms with E-state index in [2.05, 4.69) is 5.32 Å². The molecule has 1 fully saturated rings. The second-order valence-corrected chi connectivity index (χ2v) is 2.99. The van der Waals surface area contributed by atoms with E-state index in [1.807, 2.05) is 0 Å². The highest BCUT2D eigenvalue weighted by Crippen LogP contribution is 2.14. The zero-order valence-electron chi connectivity index (χ0n) is 6.79. The number of hydrogen-bond acceptors (Lipinski definition) is 3. The summed E-state index contributed by atoms with van der Waals surface area (Å²) in [5.74, 6) is -0.115. The van der Waals surface area contributed by atoms with E-state index >= 15 is 0 Å². The molecule has 5 heteroatoms. The minimum absolute atomic E-state index is 0.115. The van der Waals surface area contributed by atoms with Gasteiger partial charge in [-0.3, -0.25) is 4.79 Å². The quantitative estimate of drug-likeness (QED) is 0.585. The van der Waals surface area contributed by atoms with Gasteiger partial charge >= 0.3 is 6.09 Å². The Balaban J connectivity index is 2.66. The lowest BCUT2D eigenvalue weighted by Crippen LogP contribution is -2.57. The zero-order valence-corrected chi connectivity index (χ0v) is 6.79. The van der Waals surface area contributed by atoms with Gasteiger partial charge in [0.2, 0.25) is 0 Å². The van der Waals surface area contributed by atoms with E-state index in [1.165, 1.54) is 6.92 Å². The number of ketones is 1. The Labute approximate surface area is 69.7 Å². The fourth-order valence-electron chi connectivity index (χ4n) is 1.14. The molecule has 1 amide bonds. The normalized spacial score (nSPS) is 29.9. The first-order valence-electron chi connectivity index (χ1n) is 3.67. The summed E-state index contributed by atoms with van der Waals surface area (Å²) in [5.41, 5.74) is -1.05. The van der Waals surface area contributed by atoms with Crippen molar-refractivity contribution in [1.82, 2.24) is 5.32 Å². The SMILES string of the molecule is CC1(NC(=O)O)COCCC1=O. The summed E-state index contributed by atoms with van der Waals surface area (Å²) < 4.78 is 5.01. The van der Waals surface area contributed by atoms with Crippen molar-refractivity contribution in [3.63, 3.8) is 0 Å². The number of carbonyl (C=O) groups is 2. The van der Waals surface area contributed by atoms with Crippen molar-refractivity contribution in [2.24, 2.45) is 0 Å². The summed E-state index contributed by atoms with van der Waals surface area (Å²) in [6, 6.07) is 0. The topological polar surface area (TPSA) is 75.6 Å². The van der Waals surface area contributed by atoms with Crippen LogP contribution < -0.4 is 5.32 Å². The molecule has 0 aromatic rings. The molecule has 0 spiro atoms. The van der Waals surface area contributed by atoms with Crippen LogP contribution in [0.1, 0.15) is 13.3 Å². The van der Waals surface area contributed by atoms with Crippen LogP contribution in [-0.2, 0) is 9.53 Å². The first kappa shape index (κ1) is 8.99. The molecule has 12 heavy (non-hydrogen) atoms. The van der Waals surface area contributed by atoms with Crippen molar-refractivity contribution in [2.75, 3.05) is 13.2 Å². The number of Topliss-reactive ketones (excluding diaryl/α,β-unsaturated/α-hetero) is 1. The summed E-state index contributed by atoms with van der Waals surface area (Å²) in [6.45, 7) is 2.04. The van der Waals surface area contributed by atoms with E-state index in [0.717, 1.165) is 0 Å². The number of rotatable bonds is 1. The Hall–Kier alpha value is -1.10. The third-order valence-corrected chi connectivity index (χ3v) is 1.86. The number of hydrogen-bond donors (Lipinski definition) is 2. The van der Waals surface area contributed by atoms with Crippen molar-refractivity contribution in [2.45, 2.75) is 18.9 Å². The monoisotopic (exact) mass is 173 g/mol. The van der Waals surface area contributed by atoms with Gasteiger partial charge < -0.3 is 15.2 Å². The lowest BCUT2D eigenvalue weighted by Gasteiger charge is -2.31. The molecule has 1 aliphatic rings. The minimum Gasteiger partial charge on any atom is -0.465 e. The van der Waals surface area contributed by atoms with Gasteiger partial charge in [0.05, 0.1) is 13.2 Å². The molecule has 0 saturated carbocycles. The molecule has 0 radical (unpaired) electrons. The van der Waals surface area contributed by atoms with Crippen LogP contribution in [0.15, 0.2) is 0 Å². The highest BCUT2D eigenvalue weighted by Gasteiger charge is 2.37. The van der Waals surface area contributed by atoms with Crippen molar-refractivity contribution < 1.29 is 19.4 Å². The van der Waals surface area contributed by atoms with Crippen molar-refractivity contribution >= 4 is 11.9 Å². The molecule has 1 heterocycles. The standard InChI is InChI=1S/C7H11NO4/c1-7(8-6(10)11)4-12-3-2-5(7)9/h8H,2-4H2,1H3,(H,10,11). The molecular weight excluding hydrogens is 162 g/mol. The Morgan fingerprint density at radius 3 is 2.92 bits per heavy atom. The summed E-state index contributed by atoms with van der Waals surface area (Å²) in [6.07, 6.45) is -0.923. The molecule has 1 aliphatic heterocycles. The lowest BCUT2D eigenvalue weighted by atomic mass is 9.93. The molecule has 0 bridgehead atoms. The maximum atomic E-state index is 11.2. The highest BCUT2D eigenvalue weighted by atomic mass is 16.5. The molecule has 1 unspecified atom stereocenters. The molecule has 0 aromatic heterocycles. The molecule has 2 N–H and O–H groups in total. The lowest BCUT2D eigenvalue weighted by molar-refractivity contribution is -0.133. The second kappa shape index (κ2) is 3.10. The first-order chi connectivity index (χ1) is 5.54. The summed E-state index contributed by atoms with van der Waals surface area (Å²) in [5, 5.41) is 10.6. The second-order valence-electron chi connectivity index (χ2n) is 2.99. The molecule has 1 rings (SSSR count). The van der Waals surface area contributed by atoms with E-state index in [9.17, 15) is 9.59 Å². The summed E-state index contributed by atoms with van der Waals surface area (Å²) in [4.78, 5) is 21.5. The molecule has 0 aliphatic carbocycles. The van der Waals surface area contributed by atoms with Crippen LogP contribution in [-0.4, -0.2) is 35.7 Å². The largest absolute Gasteiger partial charge is 0.465 e. The molecular formula is C7H11NO4. The number of carboxylic acid groups (broad SMARTS) is 1. The Morgan fingerprint density at radius 2 is 2.42 bits per heavy atom. The van der Waals surface area contributed by atoms with E-state index in [1.54, 1.807) is 0 Å². The average molecular weight is 173 g/mol. The third-order valence-electron chi connectivity index (χ3n) is 1.86. The first-order valence-corrected chi connectivity index (χ1v) is 3.67. The van der Waals surface area contributed by atoms with Gasteiger partial charge in [-0.1, -0.05) is 0 Å². The van der Waals surface area contributed by atoms with Crippen LogP contribution in [0.3, 0.4) is 0 Å². The number of nitrogens with one attached hydrogen (secondary N) is 1. The fraction of sp³-hybridized carbons (Fsp3) is 0.714. The van der Waals surface area contributed by atoms with Crippen LogP contribution in [0.25, 0.3) is 0 Å². The van der Waals surface area contributed by atoms with Crippen LogP contribution in [0.5, 0.6) is 0 Å². The molecule has 0 aromatic carbocycles. The van der Waals surface area contributed by atoms with Gasteiger partial charge in [0.1, 0.15) is 5.54 Å². The molecule has 1 saturated heterocycles. The van der Waals surface area contributed by atoms with E-state index in [0.29, 0.717) is 6.61 Å². The molecule has 68 valence electrons. The van der Waals surface area contributed by atoms with Crippen LogP contribution in [0.4, 0.5) is 4.79 Å². The van der Waals surface area contributed by atoms with Crippen molar-refractivity contribution in [1.29, 1.82) is 0 Å². The third kappa shape index (κ3) is 1.73. The predicted octanol–water partition coefficient (Wildman–Crippen LogP) is 0.00210. The number of carbonyl (C=O) groups excluding carboxylic acids is 1. The Kier molecular flexibility index (Phi) is 2.32. The Bertz CT molecular complexity index is 215. The van der Waals surface area contributed by atoms with Crippen molar-refractivity contribution in [3.05, 3.63) is 0 Å². The van der Waals surface area contributed by atoms with E-state index in [-0.39, 0.29) is 18.8 Å². The molecule has 5 nitrogen and oxygen atoms in total. The van der Waals surface area contributed by atoms with Crippen LogP contribution in [0.2, 0.25) is 0 Å². The number of ether oxygens (including phenoxy) is 1. The van der Waals surface area contributed by atoms with Gasteiger partial charge in [-0.05, 0) is 6.92 Å². The van der Waals surface area contributed by atoms with Gasteiger partial charge in [0.25, 0.3) is 0 Å². The van der Waals surface area contributed by atoms with E-state index < -0.39 is 11.6 Å². The summed E-state index contributed by atoms with van der Waals surface area (Å²) in [7, 11) is 0. The smallest absolute Gasteiger partial charge is 0.405 e. The zero-order chi connectivity index (χ0) is 9.19. The fourth-order valence-corrected chi connectivity index (χ4v) is 1.14. The average Bonchev–Trinajstić information content (AvgIpc) is 1.94. The summed E-state index contributed by atoms with van der Waals surface area (Å²) >= 11 is 0. The van der Waals surface area contributed by atoms with Gasteiger partial charge in [-0.2, -0.15) is 0 Å². The number of amides is 1. The van der Waals surface area contributed by atoms with Crippen LogP contribution in [0, 0.1) is 0 Å². The highest BCUT2D eigenvalue weighted by molar-refractivity contribution is 5.91. The minimum atomic E-state index is -1.20. The van der Waals surface area contributed by atoms with Crippen LogP contribution >= 0.6 is 0 Å². The predicted molar refractivity (Wildman–Crippen MR) is 40.0 cm³/mol. The molecule has 1 atom stereocenters. The van der Waals surface area contributed by atoms with E-state index in [4.69, 9.17) is 9.84 Å². The maximum absolute atomic E-state index is 11.2. The van der Waals surface area contributed by atoms with Gasteiger partial charge in [0, 0.05) is 6.42 Å². The van der Waals surface area contributed by atoms with Gasteiger partial charge in [-0.15, -0.1) is 0 Å². The van der Waals surface area contributed by atoms with Gasteiger partial charge in [0.15, 0.2) is 5.78 Å². The maximum Gasteiger partial charge on any atom is 0.405 e. The Morgan fingerprint density at radius 1 is 1.75 bits per heavy atom. The van der Waals surface area contributed by atoms with Gasteiger partial charge in [-0.25, -0.2) is 4.79 Å². The van der Waals surface area contributed by atoms with Crippen molar-refractivity contribution in [3.8, 4) is 0 Å².